The first-order valence-corrected chi connectivity index (χ1v) is 30.5. The van der Waals surface area contributed by atoms with Gasteiger partial charge in [0.25, 0.3) is 0 Å². The van der Waals surface area contributed by atoms with E-state index >= 15 is 0 Å². The number of benzene rings is 13. The number of aromatic nitrogens is 9. The van der Waals surface area contributed by atoms with Gasteiger partial charge < -0.3 is 13.7 Å². The lowest BCUT2D eigenvalue weighted by molar-refractivity contribution is 1.10. The number of para-hydroxylation sites is 9. The summed E-state index contributed by atoms with van der Waals surface area (Å²) in [5.74, 6) is 2.31. The van der Waals surface area contributed by atoms with Gasteiger partial charge in [0.2, 0.25) is 0 Å². The molecule has 0 atom stereocenters. The maximum atomic E-state index is 6.03. The number of hydrogen-bond donors (Lipinski definition) is 0. The topological polar surface area (TPSA) is 68.2 Å². The molecule has 0 N–H and O–H groups in total. The fourth-order valence-electron chi connectivity index (χ4n) is 14.4. The Balaban J connectivity index is 0.959. The molecule has 420 valence electrons. The normalized spacial score (nSPS) is 12.0. The molecule has 0 fully saturated rings. The van der Waals surface area contributed by atoms with Crippen LogP contribution in [-0.2, 0) is 0 Å². The van der Waals surface area contributed by atoms with Crippen LogP contribution in [0.15, 0.2) is 309 Å². The number of fused-ring (bicyclic) bond motifs is 15. The van der Waals surface area contributed by atoms with E-state index in [1.807, 2.05) is 0 Å². The Bertz CT molecular complexity index is 5310. The molecule has 0 aliphatic rings. The average Bonchev–Trinajstić information content (AvgIpc) is 1.55. The van der Waals surface area contributed by atoms with Crippen molar-refractivity contribution in [3.05, 3.63) is 309 Å². The zero-order chi connectivity index (χ0) is 59.0. The van der Waals surface area contributed by atoms with Crippen molar-refractivity contribution in [3.8, 4) is 68.3 Å². The predicted octanol–water partition coefficient (Wildman–Crippen LogP) is 20.0. The molecule has 0 saturated heterocycles. The van der Waals surface area contributed by atoms with Crippen molar-refractivity contribution >= 4 is 98.5 Å². The van der Waals surface area contributed by atoms with E-state index in [4.69, 9.17) is 15.0 Å². The standard InChI is InChI=1S/C81H51N9/c1-4-28-55(29-5-1)88-76-73(82-79(88)52-25-22-34-58(49-52)85-67-43-16-10-37-61(67)62-38-11-17-44-68(62)85)77-75(84-81(89(77)56-30-6-2-7-31-56)54-27-24-36-60(51-54)87-71-47-20-14-41-65(71)66-42-15-21-48-72(66)87)78-74(76)83-80(90(78)57-32-8-3-9-33-57)53-26-23-35-59(50-53)86-69-45-18-12-39-63(69)64-40-13-19-46-70(64)86/h1-51H. The van der Waals surface area contributed by atoms with Gasteiger partial charge in [0.05, 0.1) is 33.1 Å². The fraction of sp³-hybridized carbons (Fsp3) is 0. The Hall–Kier alpha value is -12.3. The van der Waals surface area contributed by atoms with Crippen LogP contribution >= 0.6 is 0 Å². The molecular weight excluding hydrogens is 1100 g/mol. The summed E-state index contributed by atoms with van der Waals surface area (Å²) >= 11 is 0. The second-order valence-corrected chi connectivity index (χ2v) is 23.2. The molecular formula is C81H51N9. The van der Waals surface area contributed by atoms with E-state index in [1.54, 1.807) is 0 Å². The van der Waals surface area contributed by atoms with Crippen LogP contribution in [0.4, 0.5) is 0 Å². The second kappa shape index (κ2) is 19.6. The minimum absolute atomic E-state index is 0.767. The monoisotopic (exact) mass is 1150 g/mol. The van der Waals surface area contributed by atoms with Gasteiger partial charge in [-0.1, -0.05) is 200 Å². The third kappa shape index (κ3) is 7.34. The third-order valence-corrected chi connectivity index (χ3v) is 18.2. The van der Waals surface area contributed by atoms with Crippen molar-refractivity contribution in [2.24, 2.45) is 0 Å². The van der Waals surface area contributed by atoms with E-state index in [2.05, 4.69) is 337 Å². The van der Waals surface area contributed by atoms with Gasteiger partial charge in [0, 0.05) is 83.1 Å². The molecule has 19 rings (SSSR count). The molecule has 9 nitrogen and oxygen atoms in total. The first kappa shape index (κ1) is 49.9. The minimum Gasteiger partial charge on any atom is -0.309 e. The van der Waals surface area contributed by atoms with Crippen molar-refractivity contribution in [2.75, 3.05) is 0 Å². The van der Waals surface area contributed by atoms with Crippen LogP contribution in [0, 0.1) is 0 Å². The van der Waals surface area contributed by atoms with Gasteiger partial charge in [0.15, 0.2) is 0 Å². The largest absolute Gasteiger partial charge is 0.309 e. The molecule has 0 saturated carbocycles. The average molecular weight is 1150 g/mol. The summed E-state index contributed by atoms with van der Waals surface area (Å²) < 4.78 is 14.2. The lowest BCUT2D eigenvalue weighted by atomic mass is 10.1. The zero-order valence-electron chi connectivity index (χ0n) is 48.5. The molecule has 9 heteroatoms. The highest BCUT2D eigenvalue weighted by molar-refractivity contribution is 6.22. The Morgan fingerprint density at radius 1 is 0.178 bits per heavy atom. The van der Waals surface area contributed by atoms with Crippen LogP contribution in [-0.4, -0.2) is 42.4 Å². The summed E-state index contributed by atoms with van der Waals surface area (Å²) in [5, 5.41) is 7.23. The van der Waals surface area contributed by atoms with Gasteiger partial charge in [-0.15, -0.1) is 0 Å². The number of nitrogens with zero attached hydrogens (tertiary/aromatic N) is 9. The van der Waals surface area contributed by atoms with E-state index in [1.165, 1.54) is 32.3 Å². The van der Waals surface area contributed by atoms with Gasteiger partial charge in [-0.2, -0.15) is 0 Å². The molecule has 6 heterocycles. The molecule has 0 amide bonds. The van der Waals surface area contributed by atoms with Crippen LogP contribution in [0.2, 0.25) is 0 Å². The van der Waals surface area contributed by atoms with Gasteiger partial charge in [-0.05, 0) is 109 Å². The second-order valence-electron chi connectivity index (χ2n) is 23.2. The Labute approximate surface area is 515 Å². The van der Waals surface area contributed by atoms with E-state index in [0.29, 0.717) is 0 Å². The molecule has 6 aromatic heterocycles. The van der Waals surface area contributed by atoms with Gasteiger partial charge >= 0.3 is 0 Å². The highest BCUT2D eigenvalue weighted by Gasteiger charge is 2.31. The third-order valence-electron chi connectivity index (χ3n) is 18.2. The van der Waals surface area contributed by atoms with Crippen LogP contribution in [0.5, 0.6) is 0 Å². The molecule has 19 aromatic rings. The maximum absolute atomic E-state index is 6.03. The SMILES string of the molecule is c1ccc(-n2c(-c3cccc(-n4c5ccccc5c5ccccc54)c3)nc3c2c2nc(-c4cccc(-n5c6ccccc6c6ccccc65)c4)n(-c4ccccc4)c2c2nc(-c4cccc(-n5c6ccccc6c6ccccc65)c4)n(-c4ccccc4)c32)cc1. The predicted molar refractivity (Wildman–Crippen MR) is 370 cm³/mol. The van der Waals surface area contributed by atoms with E-state index in [9.17, 15) is 0 Å². The Morgan fingerprint density at radius 2 is 0.389 bits per heavy atom. The Kier molecular flexibility index (Phi) is 10.9. The van der Waals surface area contributed by atoms with Crippen molar-refractivity contribution in [1.29, 1.82) is 0 Å². The van der Waals surface area contributed by atoms with Crippen LogP contribution < -0.4 is 0 Å². The van der Waals surface area contributed by atoms with E-state index in [-0.39, 0.29) is 0 Å². The Morgan fingerprint density at radius 3 is 0.633 bits per heavy atom. The number of imidazole rings is 3. The first-order valence-electron chi connectivity index (χ1n) is 30.5. The number of rotatable bonds is 9. The first-order chi connectivity index (χ1) is 44.7. The van der Waals surface area contributed by atoms with Crippen LogP contribution in [0.25, 0.3) is 167 Å². The highest BCUT2D eigenvalue weighted by atomic mass is 15.2. The van der Waals surface area contributed by atoms with Crippen LogP contribution in [0.3, 0.4) is 0 Å². The summed E-state index contributed by atoms with van der Waals surface area (Å²) in [6.45, 7) is 0. The molecule has 0 aliphatic carbocycles. The molecule has 0 bridgehead atoms. The molecule has 13 aromatic carbocycles. The molecule has 0 unspecified atom stereocenters. The van der Waals surface area contributed by atoms with Gasteiger partial charge in [-0.3, -0.25) is 13.7 Å². The van der Waals surface area contributed by atoms with E-state index in [0.717, 1.165) is 134 Å². The maximum Gasteiger partial charge on any atom is 0.145 e. The summed E-state index contributed by atoms with van der Waals surface area (Å²) in [7, 11) is 0. The minimum atomic E-state index is 0.767. The van der Waals surface area contributed by atoms with Crippen molar-refractivity contribution < 1.29 is 0 Å². The van der Waals surface area contributed by atoms with Crippen molar-refractivity contribution in [3.63, 3.8) is 0 Å². The highest BCUT2D eigenvalue weighted by Crippen LogP contribution is 2.46. The summed E-state index contributed by atoms with van der Waals surface area (Å²) in [4.78, 5) is 18.1. The van der Waals surface area contributed by atoms with Crippen LogP contribution in [0.1, 0.15) is 0 Å². The quantitative estimate of drug-likeness (QED) is 0.145. The summed E-state index contributed by atoms with van der Waals surface area (Å²) in [6, 6.07) is 111. The van der Waals surface area contributed by atoms with E-state index < -0.39 is 0 Å². The smallest absolute Gasteiger partial charge is 0.145 e. The lowest BCUT2D eigenvalue weighted by Gasteiger charge is -2.14. The van der Waals surface area contributed by atoms with Gasteiger partial charge in [0.1, 0.15) is 50.6 Å². The van der Waals surface area contributed by atoms with Crippen molar-refractivity contribution in [2.45, 2.75) is 0 Å². The lowest BCUT2D eigenvalue weighted by Crippen LogP contribution is -2.01. The summed E-state index contributed by atoms with van der Waals surface area (Å²) in [6.07, 6.45) is 0. The molecule has 90 heavy (non-hydrogen) atoms. The fourth-order valence-corrected chi connectivity index (χ4v) is 14.4. The zero-order valence-corrected chi connectivity index (χ0v) is 48.5. The summed E-state index contributed by atoms with van der Waals surface area (Å²) in [5.41, 5.74) is 20.5. The number of hydrogen-bond acceptors (Lipinski definition) is 3. The van der Waals surface area contributed by atoms with Crippen molar-refractivity contribution in [1.82, 2.24) is 42.4 Å². The molecule has 0 radical (unpaired) electrons. The molecule has 0 spiro atoms. The molecule has 0 aliphatic heterocycles. The van der Waals surface area contributed by atoms with Gasteiger partial charge in [-0.25, -0.2) is 15.0 Å².